The number of phenols is 1. The summed E-state index contributed by atoms with van der Waals surface area (Å²) >= 11 is 0. The van der Waals surface area contributed by atoms with Crippen molar-refractivity contribution in [3.63, 3.8) is 0 Å². The summed E-state index contributed by atoms with van der Waals surface area (Å²) in [5, 5.41) is 10.8. The molecule has 1 N–H and O–H groups in total. The summed E-state index contributed by atoms with van der Waals surface area (Å²) in [6, 6.07) is 4.08. The van der Waals surface area contributed by atoms with Crippen LogP contribution in [0.15, 0.2) is 24.3 Å². The van der Waals surface area contributed by atoms with Crippen molar-refractivity contribution in [1.29, 1.82) is 0 Å². The second kappa shape index (κ2) is 6.86. The van der Waals surface area contributed by atoms with Crippen LogP contribution in [0.4, 0.5) is 0 Å². The number of hydrogen-bond donors (Lipinski definition) is 1. The first-order valence-corrected chi connectivity index (χ1v) is 8.78. The molecule has 0 amide bonds. The van der Waals surface area contributed by atoms with E-state index in [-0.39, 0.29) is 28.8 Å². The average molecular weight is 347 g/mol. The molecule has 0 heterocycles. The van der Waals surface area contributed by atoms with Gasteiger partial charge in [-0.25, -0.2) is 4.79 Å². The van der Waals surface area contributed by atoms with Crippen LogP contribution in [0.2, 0.25) is 0 Å². The van der Waals surface area contributed by atoms with Crippen molar-refractivity contribution >= 4 is 5.97 Å². The van der Waals surface area contributed by atoms with E-state index in [1.165, 1.54) is 0 Å². The fourth-order valence-corrected chi connectivity index (χ4v) is 2.62. The van der Waals surface area contributed by atoms with E-state index in [2.05, 4.69) is 48.1 Å². The highest BCUT2D eigenvalue weighted by atomic mass is 16.5. The van der Waals surface area contributed by atoms with Gasteiger partial charge in [0.2, 0.25) is 0 Å². The summed E-state index contributed by atoms with van der Waals surface area (Å²) < 4.78 is 5.40. The predicted octanol–water partition coefficient (Wildman–Crippen LogP) is 5.38. The number of benzene rings is 1. The van der Waals surface area contributed by atoms with Gasteiger partial charge in [-0.2, -0.15) is 0 Å². The molecule has 0 saturated heterocycles. The summed E-state index contributed by atoms with van der Waals surface area (Å²) in [5.74, 6) is -0.0163. The molecule has 1 aromatic rings. The Hall–Kier alpha value is -1.77. The van der Waals surface area contributed by atoms with Crippen molar-refractivity contribution in [3.05, 3.63) is 41.0 Å². The Balaban J connectivity index is 3.44. The molecule has 0 aromatic heterocycles. The number of ether oxygens (including phenoxy) is 1. The lowest BCUT2D eigenvalue weighted by atomic mass is 9.74. The van der Waals surface area contributed by atoms with Crippen molar-refractivity contribution in [2.45, 2.75) is 78.6 Å². The third-order valence-corrected chi connectivity index (χ3v) is 4.42. The zero-order valence-electron chi connectivity index (χ0n) is 17.3. The predicted molar refractivity (Wildman–Crippen MR) is 104 cm³/mol. The molecular formula is C22H34O3. The number of carbonyl (C=O) groups is 1. The van der Waals surface area contributed by atoms with Crippen LogP contribution in [0.1, 0.15) is 79.0 Å². The topological polar surface area (TPSA) is 46.5 Å². The van der Waals surface area contributed by atoms with Crippen molar-refractivity contribution in [1.82, 2.24) is 0 Å². The molecule has 140 valence electrons. The standard InChI is InChI=1S/C22H34O3/c1-14(2)19(24)25-13-22(9,10)15-11-16(20(3,4)5)18(23)17(12-15)21(6,7)8/h11-12,23H,1,13H2,2-10H3. The van der Waals surface area contributed by atoms with Crippen molar-refractivity contribution in [3.8, 4) is 5.75 Å². The van der Waals surface area contributed by atoms with Gasteiger partial charge in [0.25, 0.3) is 0 Å². The molecule has 3 heteroatoms. The van der Waals surface area contributed by atoms with Gasteiger partial charge in [-0.3, -0.25) is 0 Å². The second-order valence-electron chi connectivity index (χ2n) is 9.66. The molecule has 0 aliphatic heterocycles. The number of aromatic hydroxyl groups is 1. The maximum absolute atomic E-state index is 11.8. The normalized spacial score (nSPS) is 12.8. The van der Waals surface area contributed by atoms with Crippen LogP contribution >= 0.6 is 0 Å². The molecular weight excluding hydrogens is 312 g/mol. The van der Waals surface area contributed by atoms with E-state index in [1.807, 2.05) is 26.0 Å². The van der Waals surface area contributed by atoms with Crippen LogP contribution in [0.5, 0.6) is 5.75 Å². The van der Waals surface area contributed by atoms with Crippen molar-refractivity contribution in [2.75, 3.05) is 6.61 Å². The van der Waals surface area contributed by atoms with Crippen LogP contribution < -0.4 is 0 Å². The maximum Gasteiger partial charge on any atom is 0.333 e. The fraction of sp³-hybridized carbons (Fsp3) is 0.591. The molecule has 1 rings (SSSR count). The van der Waals surface area contributed by atoms with Gasteiger partial charge in [-0.15, -0.1) is 0 Å². The Morgan fingerprint density at radius 1 is 1.00 bits per heavy atom. The van der Waals surface area contributed by atoms with E-state index < -0.39 is 0 Å². The van der Waals surface area contributed by atoms with Gasteiger partial charge >= 0.3 is 5.97 Å². The van der Waals surface area contributed by atoms with Gasteiger partial charge in [0.1, 0.15) is 12.4 Å². The SMILES string of the molecule is C=C(C)C(=O)OCC(C)(C)c1cc(C(C)(C)C)c(O)c(C(C)(C)C)c1. The lowest BCUT2D eigenvalue weighted by Gasteiger charge is -2.32. The van der Waals surface area contributed by atoms with Crippen LogP contribution in [-0.4, -0.2) is 17.7 Å². The van der Waals surface area contributed by atoms with Crippen LogP contribution in [0, 0.1) is 0 Å². The lowest BCUT2D eigenvalue weighted by Crippen LogP contribution is -2.28. The number of hydrogen-bond acceptors (Lipinski definition) is 3. The Morgan fingerprint density at radius 2 is 1.40 bits per heavy atom. The first-order valence-electron chi connectivity index (χ1n) is 8.78. The number of esters is 1. The maximum atomic E-state index is 11.8. The Labute approximate surface area is 153 Å². The van der Waals surface area contributed by atoms with Gasteiger partial charge in [-0.1, -0.05) is 74.1 Å². The summed E-state index contributed by atoms with van der Waals surface area (Å²) in [6.45, 7) is 22.2. The average Bonchev–Trinajstić information content (AvgIpc) is 2.42. The molecule has 1 aromatic carbocycles. The summed E-state index contributed by atoms with van der Waals surface area (Å²) in [5.41, 5.74) is 2.51. The van der Waals surface area contributed by atoms with Crippen LogP contribution in [0.3, 0.4) is 0 Å². The highest BCUT2D eigenvalue weighted by Crippen LogP contribution is 2.42. The summed E-state index contributed by atoms with van der Waals surface area (Å²) in [7, 11) is 0. The third-order valence-electron chi connectivity index (χ3n) is 4.42. The molecule has 3 nitrogen and oxygen atoms in total. The van der Waals surface area contributed by atoms with E-state index in [9.17, 15) is 9.90 Å². The highest BCUT2D eigenvalue weighted by Gasteiger charge is 2.31. The lowest BCUT2D eigenvalue weighted by molar-refractivity contribution is -0.140. The molecule has 0 fully saturated rings. The van der Waals surface area contributed by atoms with E-state index in [4.69, 9.17) is 4.74 Å². The van der Waals surface area contributed by atoms with Gasteiger partial charge in [0, 0.05) is 11.0 Å². The van der Waals surface area contributed by atoms with Crippen LogP contribution in [-0.2, 0) is 25.8 Å². The Kier molecular flexibility index (Phi) is 5.83. The van der Waals surface area contributed by atoms with E-state index in [1.54, 1.807) is 6.92 Å². The highest BCUT2D eigenvalue weighted by molar-refractivity contribution is 5.86. The molecule has 0 unspecified atom stereocenters. The molecule has 0 aliphatic carbocycles. The van der Waals surface area contributed by atoms with E-state index in [0.29, 0.717) is 11.3 Å². The van der Waals surface area contributed by atoms with Gasteiger partial charge in [0.05, 0.1) is 0 Å². The number of phenolic OH excluding ortho intramolecular Hbond substituents is 1. The van der Waals surface area contributed by atoms with E-state index >= 15 is 0 Å². The van der Waals surface area contributed by atoms with Crippen LogP contribution in [0.25, 0.3) is 0 Å². The molecule has 0 saturated carbocycles. The molecule has 0 radical (unpaired) electrons. The van der Waals surface area contributed by atoms with E-state index in [0.717, 1.165) is 16.7 Å². The Bertz CT molecular complexity index is 632. The minimum atomic E-state index is -0.376. The largest absolute Gasteiger partial charge is 0.507 e. The molecule has 25 heavy (non-hydrogen) atoms. The summed E-state index contributed by atoms with van der Waals surface area (Å²) in [6.07, 6.45) is 0. The fourth-order valence-electron chi connectivity index (χ4n) is 2.62. The van der Waals surface area contributed by atoms with Gasteiger partial charge < -0.3 is 9.84 Å². The van der Waals surface area contributed by atoms with Crippen molar-refractivity contribution in [2.24, 2.45) is 0 Å². The number of carbonyl (C=O) groups excluding carboxylic acids is 1. The van der Waals surface area contributed by atoms with Gasteiger partial charge in [-0.05, 0) is 34.4 Å². The van der Waals surface area contributed by atoms with Gasteiger partial charge in [0.15, 0.2) is 0 Å². The first kappa shape index (κ1) is 21.3. The smallest absolute Gasteiger partial charge is 0.333 e. The zero-order valence-corrected chi connectivity index (χ0v) is 17.3. The zero-order chi connectivity index (χ0) is 19.8. The second-order valence-corrected chi connectivity index (χ2v) is 9.66. The summed E-state index contributed by atoms with van der Waals surface area (Å²) in [4.78, 5) is 11.8. The van der Waals surface area contributed by atoms with Crippen molar-refractivity contribution < 1.29 is 14.6 Å². The third kappa shape index (κ3) is 5.10. The molecule has 0 aliphatic rings. The molecule has 0 atom stereocenters. The number of rotatable bonds is 4. The molecule has 0 spiro atoms. The quantitative estimate of drug-likeness (QED) is 0.588. The molecule has 0 bridgehead atoms. The minimum Gasteiger partial charge on any atom is -0.507 e. The Morgan fingerprint density at radius 3 is 1.72 bits per heavy atom. The first-order chi connectivity index (χ1) is 11.1. The monoisotopic (exact) mass is 346 g/mol. The minimum absolute atomic E-state index is 0.190.